The van der Waals surface area contributed by atoms with Crippen molar-refractivity contribution >= 4 is 28.3 Å². The molecule has 2 atom stereocenters. The number of benzene rings is 1. The molecular weight excluding hydrogens is 451 g/mol. The van der Waals surface area contributed by atoms with Gasteiger partial charge < -0.3 is 19.9 Å². The fraction of sp³-hybridized carbons (Fsp3) is 0.440. The van der Waals surface area contributed by atoms with Crippen molar-refractivity contribution in [2.75, 3.05) is 18.5 Å². The molecule has 10 heteroatoms. The zero-order chi connectivity index (χ0) is 25.0. The minimum Gasteiger partial charge on any atom is -0.378 e. The number of anilines is 2. The molecule has 0 aliphatic carbocycles. The third-order valence-electron chi connectivity index (χ3n) is 6.92. The van der Waals surface area contributed by atoms with Crippen LogP contribution < -0.4 is 10.9 Å². The number of hydrogen-bond acceptors (Lipinski definition) is 6. The molecule has 5 rings (SSSR count). The third-order valence-corrected chi connectivity index (χ3v) is 6.92. The molecule has 1 aromatic carbocycles. The number of aromatic amines is 1. The average molecular weight is 479 g/mol. The van der Waals surface area contributed by atoms with E-state index in [1.807, 2.05) is 31.7 Å². The maximum absolute atomic E-state index is 15.3. The number of H-pyrrole nitrogens is 1. The largest absolute Gasteiger partial charge is 0.378 e. The van der Waals surface area contributed by atoms with Gasteiger partial charge in [0.25, 0.3) is 11.5 Å². The predicted octanol–water partition coefficient (Wildman–Crippen LogP) is 3.59. The number of carbonyl (C=O) groups is 1. The van der Waals surface area contributed by atoms with Crippen molar-refractivity contribution in [2.45, 2.75) is 57.4 Å². The van der Waals surface area contributed by atoms with Gasteiger partial charge in [0, 0.05) is 36.1 Å². The summed E-state index contributed by atoms with van der Waals surface area (Å²) < 4.78 is 22.0. The molecule has 35 heavy (non-hydrogen) atoms. The lowest BCUT2D eigenvalue weighted by atomic mass is 9.85. The van der Waals surface area contributed by atoms with Crippen LogP contribution in [0.5, 0.6) is 0 Å². The Balaban J connectivity index is 1.58. The molecule has 2 aliphatic heterocycles. The van der Waals surface area contributed by atoms with Gasteiger partial charge in [-0.15, -0.1) is 0 Å². The SMILES string of the molecule is CC(C)(C)N1Cc2cc(Nc3nn(C4(CC#N)CCOCC4F)c4cc[nH]c(=O)c34)ccc2C1=O. The van der Waals surface area contributed by atoms with Crippen molar-refractivity contribution in [1.82, 2.24) is 19.7 Å². The van der Waals surface area contributed by atoms with E-state index >= 15 is 4.39 Å². The number of aromatic nitrogens is 3. The summed E-state index contributed by atoms with van der Waals surface area (Å²) >= 11 is 0. The van der Waals surface area contributed by atoms with Crippen molar-refractivity contribution in [3.05, 3.63) is 51.9 Å². The van der Waals surface area contributed by atoms with E-state index in [0.29, 0.717) is 29.9 Å². The molecule has 0 bridgehead atoms. The maximum atomic E-state index is 15.3. The lowest BCUT2D eigenvalue weighted by Gasteiger charge is -2.38. The van der Waals surface area contributed by atoms with E-state index in [-0.39, 0.29) is 47.7 Å². The normalized spacial score (nSPS) is 22.3. The third kappa shape index (κ3) is 3.67. The van der Waals surface area contributed by atoms with E-state index in [1.165, 1.54) is 10.9 Å². The van der Waals surface area contributed by atoms with Gasteiger partial charge in [-0.2, -0.15) is 10.4 Å². The van der Waals surface area contributed by atoms with E-state index in [2.05, 4.69) is 21.5 Å². The summed E-state index contributed by atoms with van der Waals surface area (Å²) in [5.74, 6) is 0.243. The Bertz CT molecular complexity index is 1420. The molecule has 3 aromatic rings. The number of rotatable bonds is 4. The molecule has 0 spiro atoms. The summed E-state index contributed by atoms with van der Waals surface area (Å²) in [6.07, 6.45) is 0.181. The van der Waals surface area contributed by atoms with Crippen molar-refractivity contribution in [3.8, 4) is 6.07 Å². The average Bonchev–Trinajstić information content (AvgIpc) is 3.34. The lowest BCUT2D eigenvalue weighted by Crippen LogP contribution is -2.49. The van der Waals surface area contributed by atoms with E-state index in [9.17, 15) is 14.9 Å². The summed E-state index contributed by atoms with van der Waals surface area (Å²) in [7, 11) is 0. The van der Waals surface area contributed by atoms with Gasteiger partial charge in [-0.25, -0.2) is 4.39 Å². The van der Waals surface area contributed by atoms with Gasteiger partial charge in [-0.05, 0) is 57.0 Å². The fourth-order valence-electron chi connectivity index (χ4n) is 4.98. The molecule has 2 aliphatic rings. The molecule has 1 saturated heterocycles. The summed E-state index contributed by atoms with van der Waals surface area (Å²) in [5, 5.41) is 17.6. The van der Waals surface area contributed by atoms with Crippen LogP contribution in [0.4, 0.5) is 15.9 Å². The highest BCUT2D eigenvalue weighted by atomic mass is 19.1. The molecule has 0 saturated carbocycles. The van der Waals surface area contributed by atoms with Crippen LogP contribution >= 0.6 is 0 Å². The molecule has 9 nitrogen and oxygen atoms in total. The van der Waals surface area contributed by atoms with Crippen molar-refractivity contribution in [1.29, 1.82) is 5.26 Å². The van der Waals surface area contributed by atoms with Crippen LogP contribution in [0.3, 0.4) is 0 Å². The Kier molecular flexibility index (Phi) is 5.40. The molecule has 0 radical (unpaired) electrons. The van der Waals surface area contributed by atoms with E-state index < -0.39 is 11.7 Å². The van der Waals surface area contributed by atoms with Gasteiger partial charge in [0.15, 0.2) is 5.82 Å². The van der Waals surface area contributed by atoms with Gasteiger partial charge in [0.2, 0.25) is 0 Å². The molecule has 4 heterocycles. The van der Waals surface area contributed by atoms with Crippen LogP contribution in [-0.2, 0) is 16.8 Å². The summed E-state index contributed by atoms with van der Waals surface area (Å²) in [6.45, 7) is 6.61. The molecule has 2 aromatic heterocycles. The summed E-state index contributed by atoms with van der Waals surface area (Å²) in [6, 6.07) is 9.17. The minimum absolute atomic E-state index is 0.0165. The van der Waals surface area contributed by atoms with Gasteiger partial charge >= 0.3 is 0 Å². The fourth-order valence-corrected chi connectivity index (χ4v) is 4.98. The number of carbonyl (C=O) groups excluding carboxylic acids is 1. The number of hydrogen-bond donors (Lipinski definition) is 2. The minimum atomic E-state index is -1.46. The zero-order valence-electron chi connectivity index (χ0n) is 19.9. The van der Waals surface area contributed by atoms with Gasteiger partial charge in [0.1, 0.15) is 17.1 Å². The number of alkyl halides is 1. The number of fused-ring (bicyclic) bond motifs is 2. The van der Waals surface area contributed by atoms with Gasteiger partial charge in [0.05, 0.1) is 24.6 Å². The van der Waals surface area contributed by atoms with Crippen LogP contribution in [0.1, 0.15) is 49.5 Å². The Labute approximate surface area is 201 Å². The number of nitrogens with one attached hydrogen (secondary N) is 2. The topological polar surface area (TPSA) is 116 Å². The van der Waals surface area contributed by atoms with E-state index in [0.717, 1.165) is 5.56 Å². The number of nitrogens with zero attached hydrogens (tertiary/aromatic N) is 4. The first-order chi connectivity index (χ1) is 16.7. The predicted molar refractivity (Wildman–Crippen MR) is 128 cm³/mol. The molecule has 2 N–H and O–H groups in total. The monoisotopic (exact) mass is 478 g/mol. The molecule has 2 unspecified atom stereocenters. The van der Waals surface area contributed by atoms with Crippen LogP contribution in [0, 0.1) is 11.3 Å². The Hall–Kier alpha value is -3.71. The number of amides is 1. The Morgan fingerprint density at radius 1 is 1.34 bits per heavy atom. The standard InChI is InChI=1S/C25H27FN6O3/c1-24(2,3)31-13-15-12-16(4-5-17(15)23(31)34)29-21-20-18(6-10-28-22(20)33)32(30-21)25(7-9-27)8-11-35-14-19(25)26/h4-6,10,12,19H,7-8,11,13-14H2,1-3H3,(H,28,33)(H,29,30). The van der Waals surface area contributed by atoms with Crippen LogP contribution in [-0.4, -0.2) is 50.5 Å². The second-order valence-corrected chi connectivity index (χ2v) is 10.1. The number of nitriles is 1. The van der Waals surface area contributed by atoms with Crippen molar-refractivity contribution in [2.24, 2.45) is 0 Å². The highest BCUT2D eigenvalue weighted by molar-refractivity contribution is 5.99. The number of halogens is 1. The summed E-state index contributed by atoms with van der Waals surface area (Å²) in [4.78, 5) is 30.1. The Morgan fingerprint density at radius 3 is 2.86 bits per heavy atom. The molecular formula is C25H27FN6O3. The second-order valence-electron chi connectivity index (χ2n) is 10.1. The lowest BCUT2D eigenvalue weighted by molar-refractivity contribution is -0.0511. The first kappa shape index (κ1) is 23.1. The maximum Gasteiger partial charge on any atom is 0.261 e. The highest BCUT2D eigenvalue weighted by Gasteiger charge is 2.46. The van der Waals surface area contributed by atoms with Crippen molar-refractivity contribution in [3.63, 3.8) is 0 Å². The highest BCUT2D eigenvalue weighted by Crippen LogP contribution is 2.39. The van der Waals surface area contributed by atoms with E-state index in [4.69, 9.17) is 4.74 Å². The van der Waals surface area contributed by atoms with Gasteiger partial charge in [-0.3, -0.25) is 14.3 Å². The number of ether oxygens (including phenoxy) is 1. The quantitative estimate of drug-likeness (QED) is 0.592. The van der Waals surface area contributed by atoms with Crippen LogP contribution in [0.2, 0.25) is 0 Å². The van der Waals surface area contributed by atoms with E-state index in [1.54, 1.807) is 18.2 Å². The first-order valence-corrected chi connectivity index (χ1v) is 11.6. The molecule has 1 fully saturated rings. The molecule has 1 amide bonds. The molecule has 182 valence electrons. The van der Waals surface area contributed by atoms with Crippen LogP contribution in [0.15, 0.2) is 35.3 Å². The summed E-state index contributed by atoms with van der Waals surface area (Å²) in [5.41, 5.74) is 0.688. The smallest absolute Gasteiger partial charge is 0.261 e. The number of pyridine rings is 1. The van der Waals surface area contributed by atoms with Crippen LogP contribution in [0.25, 0.3) is 10.9 Å². The first-order valence-electron chi connectivity index (χ1n) is 11.6. The second kappa shape index (κ2) is 8.20. The van der Waals surface area contributed by atoms with Gasteiger partial charge in [-0.1, -0.05) is 0 Å². The van der Waals surface area contributed by atoms with Crippen molar-refractivity contribution < 1.29 is 13.9 Å². The zero-order valence-corrected chi connectivity index (χ0v) is 19.9. The Morgan fingerprint density at radius 2 is 2.14 bits per heavy atom.